The second kappa shape index (κ2) is 8.90. The van der Waals surface area contributed by atoms with Gasteiger partial charge in [0.15, 0.2) is 0 Å². The maximum absolute atomic E-state index is 6.02. The second-order valence-corrected chi connectivity index (χ2v) is 8.63. The van der Waals surface area contributed by atoms with Gasteiger partial charge in [0.1, 0.15) is 18.5 Å². The SMILES string of the molecule is CCc1cc(-c2nc(-c3cc(OC)nc(C4CCCC4)c3)no2)cc(C)c1OCC1CO1. The molecule has 0 N–H and O–H groups in total. The molecule has 1 aliphatic carbocycles. The molecule has 3 aromatic rings. The van der Waals surface area contributed by atoms with Crippen LogP contribution in [-0.2, 0) is 11.2 Å². The number of aromatic nitrogens is 3. The molecular formula is C25H29N3O4. The van der Waals surface area contributed by atoms with E-state index in [1.165, 1.54) is 12.8 Å². The third kappa shape index (κ3) is 4.35. The molecule has 7 heteroatoms. The molecule has 0 bridgehead atoms. The van der Waals surface area contributed by atoms with Crippen LogP contribution < -0.4 is 9.47 Å². The Morgan fingerprint density at radius 2 is 1.88 bits per heavy atom. The number of nitrogens with zero attached hydrogens (tertiary/aromatic N) is 3. The summed E-state index contributed by atoms with van der Waals surface area (Å²) in [5.41, 5.74) is 4.98. The Kier molecular flexibility index (Phi) is 5.83. The summed E-state index contributed by atoms with van der Waals surface area (Å²) in [6, 6.07) is 8.06. The molecule has 0 spiro atoms. The molecule has 3 heterocycles. The summed E-state index contributed by atoms with van der Waals surface area (Å²) in [6.45, 7) is 5.54. The third-order valence-corrected chi connectivity index (χ3v) is 6.28. The molecule has 1 aliphatic heterocycles. The minimum atomic E-state index is 0.226. The van der Waals surface area contributed by atoms with Gasteiger partial charge >= 0.3 is 0 Å². The van der Waals surface area contributed by atoms with Crippen LogP contribution in [0.4, 0.5) is 0 Å². The minimum Gasteiger partial charge on any atom is -0.490 e. The topological polar surface area (TPSA) is 82.8 Å². The zero-order chi connectivity index (χ0) is 22.1. The van der Waals surface area contributed by atoms with Gasteiger partial charge in [0.05, 0.1) is 13.7 Å². The number of hydrogen-bond acceptors (Lipinski definition) is 7. The standard InChI is InChI=1S/C25H29N3O4/c1-4-16-10-19(9-15(2)23(16)31-14-20-13-30-20)25-27-24(28-32-25)18-11-21(17-7-5-6-8-17)26-22(12-18)29-3/h9-12,17,20H,4-8,13-14H2,1-3H3. The number of epoxide rings is 1. The zero-order valence-electron chi connectivity index (χ0n) is 18.9. The van der Waals surface area contributed by atoms with Gasteiger partial charge < -0.3 is 18.7 Å². The normalized spacial score (nSPS) is 18.2. The Balaban J connectivity index is 1.44. The molecule has 2 fully saturated rings. The van der Waals surface area contributed by atoms with Gasteiger partial charge in [-0.25, -0.2) is 4.98 Å². The average Bonchev–Trinajstić information content (AvgIpc) is 3.27. The van der Waals surface area contributed by atoms with Crippen LogP contribution in [-0.4, -0.2) is 41.6 Å². The number of hydrogen-bond donors (Lipinski definition) is 0. The molecule has 0 radical (unpaired) electrons. The van der Waals surface area contributed by atoms with Crippen molar-refractivity contribution in [1.82, 2.24) is 15.1 Å². The van der Waals surface area contributed by atoms with Crippen LogP contribution in [0.2, 0.25) is 0 Å². The molecule has 7 nitrogen and oxygen atoms in total. The number of aryl methyl sites for hydroxylation is 2. The van der Waals surface area contributed by atoms with E-state index in [9.17, 15) is 0 Å². The lowest BCUT2D eigenvalue weighted by Gasteiger charge is -2.13. The first-order valence-electron chi connectivity index (χ1n) is 11.4. The van der Waals surface area contributed by atoms with Gasteiger partial charge in [-0.05, 0) is 55.5 Å². The minimum absolute atomic E-state index is 0.226. The number of benzene rings is 1. The molecule has 1 atom stereocenters. The summed E-state index contributed by atoms with van der Waals surface area (Å²) in [5, 5.41) is 4.26. The molecule has 1 saturated heterocycles. The molecule has 1 aromatic carbocycles. The highest BCUT2D eigenvalue weighted by Crippen LogP contribution is 2.36. The Morgan fingerprint density at radius 1 is 1.06 bits per heavy atom. The summed E-state index contributed by atoms with van der Waals surface area (Å²) in [7, 11) is 1.64. The van der Waals surface area contributed by atoms with Crippen molar-refractivity contribution in [3.63, 3.8) is 0 Å². The molecule has 1 unspecified atom stereocenters. The molecule has 2 aromatic heterocycles. The van der Waals surface area contributed by atoms with E-state index in [2.05, 4.69) is 29.2 Å². The number of methoxy groups -OCH3 is 1. The summed E-state index contributed by atoms with van der Waals surface area (Å²) in [4.78, 5) is 9.37. The van der Waals surface area contributed by atoms with Gasteiger partial charge in [0, 0.05) is 28.8 Å². The predicted molar refractivity (Wildman–Crippen MR) is 120 cm³/mol. The molecule has 1 saturated carbocycles. The third-order valence-electron chi connectivity index (χ3n) is 6.28. The fraction of sp³-hybridized carbons (Fsp3) is 0.480. The van der Waals surface area contributed by atoms with Gasteiger partial charge in [-0.3, -0.25) is 0 Å². The number of ether oxygens (including phenoxy) is 3. The summed E-state index contributed by atoms with van der Waals surface area (Å²) < 4.78 is 22.4. The molecule has 32 heavy (non-hydrogen) atoms. The molecule has 5 rings (SSSR count). The lowest BCUT2D eigenvalue weighted by atomic mass is 10.0. The highest BCUT2D eigenvalue weighted by atomic mass is 16.6. The molecule has 2 aliphatic rings. The van der Waals surface area contributed by atoms with Gasteiger partial charge in [0.25, 0.3) is 5.89 Å². The Morgan fingerprint density at radius 3 is 2.59 bits per heavy atom. The summed E-state index contributed by atoms with van der Waals surface area (Å²) in [5.74, 6) is 3.01. The first kappa shape index (κ1) is 20.9. The monoisotopic (exact) mass is 435 g/mol. The molecule has 168 valence electrons. The van der Waals surface area contributed by atoms with E-state index in [0.29, 0.717) is 30.1 Å². The first-order valence-corrected chi connectivity index (χ1v) is 11.4. The molecular weight excluding hydrogens is 406 g/mol. The van der Waals surface area contributed by atoms with Crippen molar-refractivity contribution < 1.29 is 18.7 Å². The quantitative estimate of drug-likeness (QED) is 0.455. The maximum atomic E-state index is 6.02. The lowest BCUT2D eigenvalue weighted by molar-refractivity contribution is 0.260. The van der Waals surface area contributed by atoms with Crippen molar-refractivity contribution in [3.8, 4) is 34.5 Å². The highest BCUT2D eigenvalue weighted by molar-refractivity contribution is 5.64. The number of pyridine rings is 1. The van der Waals surface area contributed by atoms with Gasteiger partial charge in [0.2, 0.25) is 11.7 Å². The van der Waals surface area contributed by atoms with Crippen LogP contribution in [0, 0.1) is 6.92 Å². The van der Waals surface area contributed by atoms with Crippen LogP contribution in [0.3, 0.4) is 0 Å². The summed E-state index contributed by atoms with van der Waals surface area (Å²) in [6.07, 6.45) is 5.90. The van der Waals surface area contributed by atoms with E-state index in [1.807, 2.05) is 19.1 Å². The largest absolute Gasteiger partial charge is 0.490 e. The van der Waals surface area contributed by atoms with Crippen LogP contribution in [0.5, 0.6) is 11.6 Å². The van der Waals surface area contributed by atoms with E-state index in [0.717, 1.165) is 59.6 Å². The average molecular weight is 436 g/mol. The van der Waals surface area contributed by atoms with Gasteiger partial charge in [-0.2, -0.15) is 4.98 Å². The van der Waals surface area contributed by atoms with E-state index in [4.69, 9.17) is 23.7 Å². The van der Waals surface area contributed by atoms with E-state index in [-0.39, 0.29) is 6.10 Å². The van der Waals surface area contributed by atoms with Crippen LogP contribution >= 0.6 is 0 Å². The molecule has 0 amide bonds. The Bertz CT molecular complexity index is 1100. The predicted octanol–water partition coefficient (Wildman–Crippen LogP) is 5.11. The van der Waals surface area contributed by atoms with E-state index in [1.54, 1.807) is 7.11 Å². The fourth-order valence-corrected chi connectivity index (χ4v) is 4.43. The number of rotatable bonds is 8. The van der Waals surface area contributed by atoms with Crippen LogP contribution in [0.15, 0.2) is 28.8 Å². The van der Waals surface area contributed by atoms with Crippen molar-refractivity contribution in [3.05, 3.63) is 41.1 Å². The van der Waals surface area contributed by atoms with Crippen molar-refractivity contribution in [2.45, 2.75) is 58.0 Å². The van der Waals surface area contributed by atoms with Crippen molar-refractivity contribution in [2.24, 2.45) is 0 Å². The van der Waals surface area contributed by atoms with Gasteiger partial charge in [-0.1, -0.05) is 24.9 Å². The lowest BCUT2D eigenvalue weighted by Crippen LogP contribution is -2.07. The smallest absolute Gasteiger partial charge is 0.258 e. The highest BCUT2D eigenvalue weighted by Gasteiger charge is 2.25. The fourth-order valence-electron chi connectivity index (χ4n) is 4.43. The Labute approximate surface area is 188 Å². The van der Waals surface area contributed by atoms with E-state index < -0.39 is 0 Å². The van der Waals surface area contributed by atoms with Crippen molar-refractivity contribution in [2.75, 3.05) is 20.3 Å². The van der Waals surface area contributed by atoms with Crippen molar-refractivity contribution in [1.29, 1.82) is 0 Å². The van der Waals surface area contributed by atoms with Gasteiger partial charge in [-0.15, -0.1) is 0 Å². The van der Waals surface area contributed by atoms with Crippen LogP contribution in [0.1, 0.15) is 55.3 Å². The van der Waals surface area contributed by atoms with Crippen molar-refractivity contribution >= 4 is 0 Å². The first-order chi connectivity index (χ1) is 15.6. The zero-order valence-corrected chi connectivity index (χ0v) is 18.9. The maximum Gasteiger partial charge on any atom is 0.258 e. The van der Waals surface area contributed by atoms with E-state index >= 15 is 0 Å². The Hall–Kier alpha value is -2.93. The second-order valence-electron chi connectivity index (χ2n) is 8.63. The van der Waals surface area contributed by atoms with Crippen LogP contribution in [0.25, 0.3) is 22.8 Å². The summed E-state index contributed by atoms with van der Waals surface area (Å²) >= 11 is 0.